The highest BCUT2D eigenvalue weighted by Crippen LogP contribution is 2.26. The number of carbonyl (C=O) groups is 1. The monoisotopic (exact) mass is 290 g/mol. The summed E-state index contributed by atoms with van der Waals surface area (Å²) in [6, 6.07) is 5.72. The Morgan fingerprint density at radius 2 is 2.15 bits per heavy atom. The topological polar surface area (TPSA) is 83.8 Å². The summed E-state index contributed by atoms with van der Waals surface area (Å²) in [6.07, 6.45) is 0. The van der Waals surface area contributed by atoms with Gasteiger partial charge in [0.25, 0.3) is 0 Å². The van der Waals surface area contributed by atoms with Gasteiger partial charge in [-0.1, -0.05) is 6.07 Å². The van der Waals surface area contributed by atoms with Crippen molar-refractivity contribution < 1.29 is 4.79 Å². The SMILES string of the molecule is Cc1n[nH]c(C)c1NC(=O)CSc1cccc(N)c1C. The molecule has 2 rings (SSSR count). The molecule has 1 aromatic heterocycles. The van der Waals surface area contributed by atoms with Gasteiger partial charge in [-0.2, -0.15) is 5.10 Å². The lowest BCUT2D eigenvalue weighted by Gasteiger charge is -2.08. The van der Waals surface area contributed by atoms with E-state index in [2.05, 4.69) is 15.5 Å². The summed E-state index contributed by atoms with van der Waals surface area (Å²) in [4.78, 5) is 13.0. The number of hydrogen-bond acceptors (Lipinski definition) is 4. The van der Waals surface area contributed by atoms with E-state index in [0.29, 0.717) is 5.75 Å². The number of aromatic amines is 1. The summed E-state index contributed by atoms with van der Waals surface area (Å²) in [6.45, 7) is 5.69. The lowest BCUT2D eigenvalue weighted by Crippen LogP contribution is -2.15. The van der Waals surface area contributed by atoms with E-state index in [1.807, 2.05) is 39.0 Å². The Kier molecular flexibility index (Phi) is 4.34. The van der Waals surface area contributed by atoms with E-state index in [9.17, 15) is 4.79 Å². The van der Waals surface area contributed by atoms with Crippen LogP contribution in [0.1, 0.15) is 17.0 Å². The second kappa shape index (κ2) is 6.00. The number of benzene rings is 1. The Labute approximate surface area is 122 Å². The molecule has 106 valence electrons. The standard InChI is InChI=1S/C14H18N4OS/c1-8-11(15)5-4-6-12(8)20-7-13(19)16-14-9(2)17-18-10(14)3/h4-6H,7,15H2,1-3H3,(H,16,19)(H,17,18). The molecule has 1 aromatic carbocycles. The second-order valence-corrected chi connectivity index (χ2v) is 5.63. The second-order valence-electron chi connectivity index (χ2n) is 4.62. The van der Waals surface area contributed by atoms with E-state index in [1.165, 1.54) is 11.8 Å². The van der Waals surface area contributed by atoms with Crippen LogP contribution in [0.3, 0.4) is 0 Å². The van der Waals surface area contributed by atoms with Crippen molar-refractivity contribution in [3.8, 4) is 0 Å². The van der Waals surface area contributed by atoms with Crippen LogP contribution in [0.2, 0.25) is 0 Å². The molecular weight excluding hydrogens is 272 g/mol. The van der Waals surface area contributed by atoms with Crippen molar-refractivity contribution in [2.75, 3.05) is 16.8 Å². The molecule has 0 aliphatic heterocycles. The van der Waals surface area contributed by atoms with Gasteiger partial charge in [0.15, 0.2) is 0 Å². The first kappa shape index (κ1) is 14.5. The molecule has 20 heavy (non-hydrogen) atoms. The van der Waals surface area contributed by atoms with Crippen LogP contribution in [0.15, 0.2) is 23.1 Å². The Morgan fingerprint density at radius 3 is 2.80 bits per heavy atom. The highest BCUT2D eigenvalue weighted by atomic mass is 32.2. The van der Waals surface area contributed by atoms with Crippen molar-refractivity contribution in [3.63, 3.8) is 0 Å². The van der Waals surface area contributed by atoms with E-state index in [1.54, 1.807) is 0 Å². The quantitative estimate of drug-likeness (QED) is 0.597. The van der Waals surface area contributed by atoms with Gasteiger partial charge >= 0.3 is 0 Å². The fraction of sp³-hybridized carbons (Fsp3) is 0.286. The number of amides is 1. The van der Waals surface area contributed by atoms with Crippen LogP contribution in [0, 0.1) is 20.8 Å². The lowest BCUT2D eigenvalue weighted by molar-refractivity contribution is -0.113. The molecule has 1 amide bonds. The van der Waals surface area contributed by atoms with E-state index in [-0.39, 0.29) is 5.91 Å². The third kappa shape index (κ3) is 3.14. The minimum atomic E-state index is -0.0515. The van der Waals surface area contributed by atoms with Gasteiger partial charge in [0.05, 0.1) is 22.8 Å². The number of hydrogen-bond donors (Lipinski definition) is 3. The number of nitrogens with two attached hydrogens (primary N) is 1. The lowest BCUT2D eigenvalue weighted by atomic mass is 10.2. The molecule has 1 heterocycles. The molecule has 0 unspecified atom stereocenters. The van der Waals surface area contributed by atoms with Crippen molar-refractivity contribution in [2.24, 2.45) is 0 Å². The van der Waals surface area contributed by atoms with Crippen LogP contribution in [0.25, 0.3) is 0 Å². The summed E-state index contributed by atoms with van der Waals surface area (Å²) >= 11 is 1.48. The van der Waals surface area contributed by atoms with E-state index in [0.717, 1.165) is 33.2 Å². The summed E-state index contributed by atoms with van der Waals surface area (Å²) in [5.41, 5.74) is 10.0. The number of nitrogens with zero attached hydrogens (tertiary/aromatic N) is 1. The van der Waals surface area contributed by atoms with Gasteiger partial charge in [-0.05, 0) is 38.5 Å². The van der Waals surface area contributed by atoms with Gasteiger partial charge in [0.1, 0.15) is 0 Å². The van der Waals surface area contributed by atoms with Crippen LogP contribution in [0.5, 0.6) is 0 Å². The number of anilines is 2. The average Bonchev–Trinajstić information content (AvgIpc) is 2.72. The van der Waals surface area contributed by atoms with Gasteiger partial charge in [-0.15, -0.1) is 11.8 Å². The molecule has 0 saturated heterocycles. The molecular formula is C14H18N4OS. The van der Waals surface area contributed by atoms with Crippen molar-refractivity contribution >= 4 is 29.0 Å². The number of carbonyl (C=O) groups excluding carboxylic acids is 1. The summed E-state index contributed by atoms with van der Waals surface area (Å²) in [7, 11) is 0. The molecule has 0 aliphatic carbocycles. The highest BCUT2D eigenvalue weighted by molar-refractivity contribution is 8.00. The molecule has 0 fully saturated rings. The minimum Gasteiger partial charge on any atom is -0.398 e. The van der Waals surface area contributed by atoms with E-state index >= 15 is 0 Å². The summed E-state index contributed by atoms with van der Waals surface area (Å²) in [5.74, 6) is 0.290. The third-order valence-corrected chi connectivity index (χ3v) is 4.24. The Hall–Kier alpha value is -1.95. The average molecular weight is 290 g/mol. The minimum absolute atomic E-state index is 0.0515. The predicted molar refractivity (Wildman–Crippen MR) is 83.0 cm³/mol. The Morgan fingerprint density at radius 1 is 1.40 bits per heavy atom. The smallest absolute Gasteiger partial charge is 0.234 e. The zero-order valence-corrected chi connectivity index (χ0v) is 12.6. The first-order valence-corrected chi connectivity index (χ1v) is 7.27. The summed E-state index contributed by atoms with van der Waals surface area (Å²) < 4.78 is 0. The molecule has 0 saturated carbocycles. The molecule has 5 nitrogen and oxygen atoms in total. The van der Waals surface area contributed by atoms with Gasteiger partial charge in [-0.25, -0.2) is 0 Å². The first-order valence-electron chi connectivity index (χ1n) is 6.28. The highest BCUT2D eigenvalue weighted by Gasteiger charge is 2.11. The number of rotatable bonds is 4. The molecule has 4 N–H and O–H groups in total. The Balaban J connectivity index is 1.98. The summed E-state index contributed by atoms with van der Waals surface area (Å²) in [5, 5.41) is 9.77. The zero-order chi connectivity index (χ0) is 14.7. The van der Waals surface area contributed by atoms with Crippen LogP contribution in [0.4, 0.5) is 11.4 Å². The van der Waals surface area contributed by atoms with Crippen molar-refractivity contribution in [3.05, 3.63) is 35.2 Å². The largest absolute Gasteiger partial charge is 0.398 e. The third-order valence-electron chi connectivity index (χ3n) is 3.08. The number of nitrogen functional groups attached to an aromatic ring is 1. The van der Waals surface area contributed by atoms with Gasteiger partial charge in [0, 0.05) is 10.6 Å². The molecule has 0 bridgehead atoms. The first-order chi connectivity index (χ1) is 9.49. The number of aromatic nitrogens is 2. The van der Waals surface area contributed by atoms with Crippen molar-refractivity contribution in [1.82, 2.24) is 10.2 Å². The van der Waals surface area contributed by atoms with Crippen molar-refractivity contribution in [2.45, 2.75) is 25.7 Å². The molecule has 0 aliphatic rings. The van der Waals surface area contributed by atoms with Crippen LogP contribution in [-0.2, 0) is 4.79 Å². The fourth-order valence-electron chi connectivity index (χ4n) is 1.84. The Bertz CT molecular complexity index is 617. The van der Waals surface area contributed by atoms with E-state index < -0.39 is 0 Å². The van der Waals surface area contributed by atoms with Crippen LogP contribution < -0.4 is 11.1 Å². The molecule has 0 spiro atoms. The normalized spacial score (nSPS) is 10.6. The maximum Gasteiger partial charge on any atom is 0.234 e. The van der Waals surface area contributed by atoms with Crippen LogP contribution >= 0.6 is 11.8 Å². The van der Waals surface area contributed by atoms with Crippen LogP contribution in [-0.4, -0.2) is 21.9 Å². The molecule has 0 radical (unpaired) electrons. The molecule has 2 aromatic rings. The molecule has 6 heteroatoms. The number of H-pyrrole nitrogens is 1. The van der Waals surface area contributed by atoms with Gasteiger partial charge in [0.2, 0.25) is 5.91 Å². The fourth-order valence-corrected chi connectivity index (χ4v) is 2.71. The van der Waals surface area contributed by atoms with Crippen molar-refractivity contribution in [1.29, 1.82) is 0 Å². The zero-order valence-electron chi connectivity index (χ0n) is 11.8. The molecule has 0 atom stereocenters. The van der Waals surface area contributed by atoms with Gasteiger partial charge in [-0.3, -0.25) is 9.89 Å². The number of nitrogens with one attached hydrogen (secondary N) is 2. The maximum absolute atomic E-state index is 12.0. The van der Waals surface area contributed by atoms with Gasteiger partial charge < -0.3 is 11.1 Å². The number of aryl methyl sites for hydroxylation is 2. The van der Waals surface area contributed by atoms with E-state index in [4.69, 9.17) is 5.73 Å². The predicted octanol–water partition coefficient (Wildman–Crippen LogP) is 2.65. The number of thioether (sulfide) groups is 1. The maximum atomic E-state index is 12.0.